The number of ether oxygens (including phenoxy) is 2. The Morgan fingerprint density at radius 3 is 2.50 bits per heavy atom. The molecule has 0 unspecified atom stereocenters. The largest absolute Gasteiger partial charge is 0.497 e. The van der Waals surface area contributed by atoms with E-state index >= 15 is 0 Å². The molecule has 1 aromatic heterocycles. The van der Waals surface area contributed by atoms with Crippen molar-refractivity contribution in [3.8, 4) is 11.5 Å². The molecular formula is C23H24N4O5S2. The van der Waals surface area contributed by atoms with Gasteiger partial charge in [-0.25, -0.2) is 4.98 Å². The fourth-order valence-electron chi connectivity index (χ4n) is 2.91. The van der Waals surface area contributed by atoms with E-state index in [-0.39, 0.29) is 29.9 Å². The summed E-state index contributed by atoms with van der Waals surface area (Å²) in [4.78, 5) is 40.5. The number of hydrogen-bond acceptors (Lipinski definition) is 8. The first-order valence-corrected chi connectivity index (χ1v) is 12.0. The van der Waals surface area contributed by atoms with Crippen molar-refractivity contribution in [2.45, 2.75) is 17.7 Å². The van der Waals surface area contributed by atoms with E-state index in [1.165, 1.54) is 37.1 Å². The van der Waals surface area contributed by atoms with Gasteiger partial charge in [0.1, 0.15) is 11.5 Å². The van der Waals surface area contributed by atoms with Crippen LogP contribution in [0.4, 0.5) is 17.1 Å². The van der Waals surface area contributed by atoms with Crippen LogP contribution in [-0.2, 0) is 20.8 Å². The Labute approximate surface area is 205 Å². The van der Waals surface area contributed by atoms with Gasteiger partial charge >= 0.3 is 0 Å². The van der Waals surface area contributed by atoms with Gasteiger partial charge in [0.05, 0.1) is 37.8 Å². The number of carbonyl (C=O) groups is 3. The molecule has 0 spiro atoms. The van der Waals surface area contributed by atoms with Crippen LogP contribution in [0.5, 0.6) is 11.5 Å². The molecule has 3 N–H and O–H groups in total. The number of nitrogens with one attached hydrogen (secondary N) is 3. The summed E-state index contributed by atoms with van der Waals surface area (Å²) in [5.74, 6) is 0.650. The topological polar surface area (TPSA) is 119 Å². The number of methoxy groups -OCH3 is 2. The van der Waals surface area contributed by atoms with E-state index in [4.69, 9.17) is 9.47 Å². The van der Waals surface area contributed by atoms with E-state index in [1.807, 2.05) is 0 Å². The van der Waals surface area contributed by atoms with E-state index in [2.05, 4.69) is 20.9 Å². The molecule has 0 fully saturated rings. The Morgan fingerprint density at radius 1 is 0.971 bits per heavy atom. The Morgan fingerprint density at radius 2 is 1.76 bits per heavy atom. The number of amides is 3. The highest BCUT2D eigenvalue weighted by Gasteiger charge is 2.13. The minimum absolute atomic E-state index is 0.0561. The summed E-state index contributed by atoms with van der Waals surface area (Å²) in [5, 5.41) is 10.1. The summed E-state index contributed by atoms with van der Waals surface area (Å²) >= 11 is 2.66. The molecule has 3 rings (SSSR count). The van der Waals surface area contributed by atoms with Crippen molar-refractivity contribution >= 4 is 57.9 Å². The number of aromatic nitrogens is 1. The van der Waals surface area contributed by atoms with Crippen molar-refractivity contribution < 1.29 is 23.9 Å². The standard InChI is InChI=1S/C23H24N4O5S2/c1-14(28)24-16-7-8-20(32-3)19(10-16)27-21(29)11-17-12-33-23(26-17)34-13-22(30)25-15-5-4-6-18(9-15)31-2/h4-10,12H,11,13H2,1-3H3,(H,24,28)(H,25,30)(H,27,29). The van der Waals surface area contributed by atoms with Crippen molar-refractivity contribution in [1.29, 1.82) is 0 Å². The molecular weight excluding hydrogens is 476 g/mol. The Hall–Kier alpha value is -3.57. The van der Waals surface area contributed by atoms with Crippen LogP contribution >= 0.6 is 23.1 Å². The SMILES string of the molecule is COc1cccc(NC(=O)CSc2nc(CC(=O)Nc3cc(NC(C)=O)ccc3OC)cs2)c1. The van der Waals surface area contributed by atoms with Gasteiger partial charge in [-0.15, -0.1) is 11.3 Å². The molecule has 2 aromatic carbocycles. The number of rotatable bonds is 10. The number of hydrogen-bond donors (Lipinski definition) is 3. The number of nitrogens with zero attached hydrogens (tertiary/aromatic N) is 1. The van der Waals surface area contributed by atoms with Crippen LogP contribution in [0.15, 0.2) is 52.2 Å². The third-order valence-electron chi connectivity index (χ3n) is 4.35. The van der Waals surface area contributed by atoms with Crippen LogP contribution in [0, 0.1) is 0 Å². The van der Waals surface area contributed by atoms with E-state index in [1.54, 1.807) is 55.0 Å². The van der Waals surface area contributed by atoms with Crippen molar-refractivity contribution in [2.24, 2.45) is 0 Å². The molecule has 0 radical (unpaired) electrons. The monoisotopic (exact) mass is 500 g/mol. The van der Waals surface area contributed by atoms with Crippen molar-refractivity contribution in [1.82, 2.24) is 4.98 Å². The Balaban J connectivity index is 1.53. The summed E-state index contributed by atoms with van der Waals surface area (Å²) in [6, 6.07) is 12.1. The zero-order valence-corrected chi connectivity index (χ0v) is 20.5. The maximum atomic E-state index is 12.5. The normalized spacial score (nSPS) is 10.3. The number of anilines is 3. The molecule has 34 heavy (non-hydrogen) atoms. The van der Waals surface area contributed by atoms with Gasteiger partial charge in [-0.05, 0) is 30.3 Å². The number of carbonyl (C=O) groups excluding carboxylic acids is 3. The second-order valence-electron chi connectivity index (χ2n) is 6.99. The summed E-state index contributed by atoms with van der Waals surface area (Å²) in [6.45, 7) is 1.41. The second-order valence-corrected chi connectivity index (χ2v) is 9.08. The minimum atomic E-state index is -0.282. The zero-order chi connectivity index (χ0) is 24.5. The zero-order valence-electron chi connectivity index (χ0n) is 18.8. The van der Waals surface area contributed by atoms with Crippen LogP contribution in [-0.4, -0.2) is 42.7 Å². The summed E-state index contributed by atoms with van der Waals surface area (Å²) in [5.41, 5.74) is 2.23. The van der Waals surface area contributed by atoms with Crippen LogP contribution in [0.3, 0.4) is 0 Å². The molecule has 0 saturated carbocycles. The van der Waals surface area contributed by atoms with E-state index in [0.29, 0.717) is 38.6 Å². The van der Waals surface area contributed by atoms with Crippen LogP contribution in [0.1, 0.15) is 12.6 Å². The summed E-state index contributed by atoms with van der Waals surface area (Å²) in [6.07, 6.45) is 0.0561. The van der Waals surface area contributed by atoms with Crippen molar-refractivity contribution in [2.75, 3.05) is 35.9 Å². The minimum Gasteiger partial charge on any atom is -0.497 e. The van der Waals surface area contributed by atoms with E-state index in [0.717, 1.165) is 0 Å². The van der Waals surface area contributed by atoms with Gasteiger partial charge in [-0.3, -0.25) is 14.4 Å². The molecule has 0 atom stereocenters. The molecule has 3 aromatic rings. The molecule has 0 saturated heterocycles. The van der Waals surface area contributed by atoms with Gasteiger partial charge in [0.2, 0.25) is 17.7 Å². The smallest absolute Gasteiger partial charge is 0.234 e. The predicted octanol–water partition coefficient (Wildman–Crippen LogP) is 4.03. The number of benzene rings is 2. The average molecular weight is 501 g/mol. The maximum absolute atomic E-state index is 12.5. The lowest BCUT2D eigenvalue weighted by Gasteiger charge is -2.12. The average Bonchev–Trinajstić information content (AvgIpc) is 3.24. The first-order chi connectivity index (χ1) is 16.4. The van der Waals surface area contributed by atoms with Gasteiger partial charge in [0.15, 0.2) is 4.34 Å². The molecule has 11 heteroatoms. The number of thioether (sulfide) groups is 1. The van der Waals surface area contributed by atoms with E-state index < -0.39 is 0 Å². The Kier molecular flexibility index (Phi) is 8.88. The molecule has 0 aliphatic rings. The van der Waals surface area contributed by atoms with Gasteiger partial charge in [-0.1, -0.05) is 17.8 Å². The fraction of sp³-hybridized carbons (Fsp3) is 0.217. The molecule has 0 bridgehead atoms. The summed E-state index contributed by atoms with van der Waals surface area (Å²) < 4.78 is 11.1. The van der Waals surface area contributed by atoms with Gasteiger partial charge in [-0.2, -0.15) is 0 Å². The molecule has 9 nitrogen and oxygen atoms in total. The van der Waals surface area contributed by atoms with Gasteiger partial charge < -0.3 is 25.4 Å². The molecule has 1 heterocycles. The lowest BCUT2D eigenvalue weighted by Crippen LogP contribution is -2.16. The maximum Gasteiger partial charge on any atom is 0.234 e. The van der Waals surface area contributed by atoms with Crippen LogP contribution in [0.2, 0.25) is 0 Å². The highest BCUT2D eigenvalue weighted by Crippen LogP contribution is 2.28. The quantitative estimate of drug-likeness (QED) is 0.360. The fourth-order valence-corrected chi connectivity index (χ4v) is 4.55. The highest BCUT2D eigenvalue weighted by atomic mass is 32.2. The lowest BCUT2D eigenvalue weighted by atomic mass is 10.2. The van der Waals surface area contributed by atoms with Crippen molar-refractivity contribution in [3.05, 3.63) is 53.5 Å². The Bertz CT molecular complexity index is 1180. The first kappa shape index (κ1) is 25.1. The number of thiazole rings is 1. The first-order valence-electron chi connectivity index (χ1n) is 10.1. The molecule has 178 valence electrons. The second kappa shape index (κ2) is 12.1. The third-order valence-corrected chi connectivity index (χ3v) is 6.42. The molecule has 3 amide bonds. The van der Waals surface area contributed by atoms with Gasteiger partial charge in [0.25, 0.3) is 0 Å². The lowest BCUT2D eigenvalue weighted by molar-refractivity contribution is -0.116. The summed E-state index contributed by atoms with van der Waals surface area (Å²) in [7, 11) is 3.06. The molecule has 0 aliphatic heterocycles. The van der Waals surface area contributed by atoms with Crippen LogP contribution < -0.4 is 25.4 Å². The van der Waals surface area contributed by atoms with Crippen LogP contribution in [0.25, 0.3) is 0 Å². The van der Waals surface area contributed by atoms with E-state index in [9.17, 15) is 14.4 Å². The third kappa shape index (κ3) is 7.49. The predicted molar refractivity (Wildman–Crippen MR) is 134 cm³/mol. The van der Waals surface area contributed by atoms with Crippen molar-refractivity contribution in [3.63, 3.8) is 0 Å². The molecule has 0 aliphatic carbocycles. The van der Waals surface area contributed by atoms with Gasteiger partial charge in [0, 0.05) is 29.7 Å². The highest BCUT2D eigenvalue weighted by molar-refractivity contribution is 8.01.